The Morgan fingerprint density at radius 1 is 1.16 bits per heavy atom. The molecule has 0 saturated carbocycles. The number of nitrogens with zero attached hydrogens (tertiary/aromatic N) is 1. The summed E-state index contributed by atoms with van der Waals surface area (Å²) < 4.78 is 0. The van der Waals surface area contributed by atoms with Crippen LogP contribution in [0.25, 0.3) is 11.6 Å². The number of nitrogens with one attached hydrogen (secondary N) is 1. The number of benzene rings is 1. The maximum Gasteiger partial charge on any atom is 0.0998 e. The number of aromatic nitrogens is 1. The number of hydrogen-bond donors (Lipinski definition) is 1. The van der Waals surface area contributed by atoms with Crippen molar-refractivity contribution in [2.75, 3.05) is 0 Å². The fourth-order valence-electron chi connectivity index (χ4n) is 1.92. The molecule has 0 aliphatic heterocycles. The van der Waals surface area contributed by atoms with Crippen LogP contribution in [-0.4, -0.2) is 4.98 Å². The minimum Gasteiger partial charge on any atom is -0.362 e. The van der Waals surface area contributed by atoms with E-state index in [4.69, 9.17) is 0 Å². The highest BCUT2D eigenvalue weighted by Gasteiger charge is 2.13. The predicted octanol–water partition coefficient (Wildman–Crippen LogP) is 4.38. The molecule has 2 rings (SSSR count). The second kappa shape index (κ2) is 5.16. The zero-order valence-electron chi connectivity index (χ0n) is 11.6. The van der Waals surface area contributed by atoms with Crippen molar-refractivity contribution < 1.29 is 0 Å². The Morgan fingerprint density at radius 3 is 2.32 bits per heavy atom. The van der Waals surface area contributed by atoms with Gasteiger partial charge in [0.25, 0.3) is 0 Å². The van der Waals surface area contributed by atoms with Gasteiger partial charge in [0.2, 0.25) is 0 Å². The van der Waals surface area contributed by atoms with Crippen LogP contribution in [0.5, 0.6) is 0 Å². The van der Waals surface area contributed by atoms with Crippen LogP contribution in [0.4, 0.5) is 0 Å². The van der Waals surface area contributed by atoms with Gasteiger partial charge in [0, 0.05) is 11.9 Å². The highest BCUT2D eigenvalue weighted by molar-refractivity contribution is 5.88. The van der Waals surface area contributed by atoms with Crippen molar-refractivity contribution in [2.45, 2.75) is 26.2 Å². The summed E-state index contributed by atoms with van der Waals surface area (Å²) in [5.74, 6) is 0. The first-order chi connectivity index (χ1) is 9.00. The fourth-order valence-corrected chi connectivity index (χ4v) is 1.92. The van der Waals surface area contributed by atoms with Crippen LogP contribution >= 0.6 is 0 Å². The van der Waals surface area contributed by atoms with Gasteiger partial charge < -0.3 is 4.98 Å². The Bertz CT molecular complexity index is 603. The molecule has 0 fully saturated rings. The first kappa shape index (κ1) is 13.2. The lowest BCUT2D eigenvalue weighted by atomic mass is 9.86. The average molecular weight is 250 g/mol. The second-order valence-corrected chi connectivity index (χ2v) is 5.62. The van der Waals surface area contributed by atoms with Crippen LogP contribution in [-0.2, 0) is 5.41 Å². The lowest BCUT2D eigenvalue weighted by Crippen LogP contribution is -2.10. The topological polar surface area (TPSA) is 39.6 Å². The Morgan fingerprint density at radius 2 is 1.84 bits per heavy atom. The quantitative estimate of drug-likeness (QED) is 0.789. The number of hydrogen-bond acceptors (Lipinski definition) is 1. The van der Waals surface area contributed by atoms with E-state index in [-0.39, 0.29) is 5.41 Å². The van der Waals surface area contributed by atoms with Gasteiger partial charge in [-0.2, -0.15) is 5.26 Å². The van der Waals surface area contributed by atoms with Crippen molar-refractivity contribution in [1.82, 2.24) is 4.98 Å². The molecule has 96 valence electrons. The van der Waals surface area contributed by atoms with Gasteiger partial charge in [-0.15, -0.1) is 0 Å². The molecule has 0 unspecified atom stereocenters. The number of allylic oxidation sites excluding steroid dienone is 1. The molecule has 1 aromatic carbocycles. The van der Waals surface area contributed by atoms with Crippen molar-refractivity contribution in [3.8, 4) is 6.07 Å². The third-order valence-electron chi connectivity index (χ3n) is 3.10. The molecule has 0 aliphatic carbocycles. The van der Waals surface area contributed by atoms with Gasteiger partial charge >= 0.3 is 0 Å². The highest BCUT2D eigenvalue weighted by atomic mass is 14.7. The molecule has 0 bridgehead atoms. The standard InChI is InChI=1S/C17H18N2/c1-17(2,3)15-8-6-13(7-9-15)14(12-18)11-16-5-4-10-19-16/h4-11,19H,1-3H3/b14-11+. The van der Waals surface area contributed by atoms with E-state index >= 15 is 0 Å². The molecule has 2 aromatic rings. The summed E-state index contributed by atoms with van der Waals surface area (Å²) in [5, 5.41) is 9.28. The van der Waals surface area contributed by atoms with Gasteiger partial charge in [0.05, 0.1) is 11.6 Å². The Labute approximate surface area is 114 Å². The van der Waals surface area contributed by atoms with E-state index < -0.39 is 0 Å². The predicted molar refractivity (Wildman–Crippen MR) is 79.4 cm³/mol. The monoisotopic (exact) mass is 250 g/mol. The van der Waals surface area contributed by atoms with E-state index in [1.165, 1.54) is 5.56 Å². The van der Waals surface area contributed by atoms with Gasteiger partial charge in [-0.05, 0) is 34.8 Å². The lowest BCUT2D eigenvalue weighted by molar-refractivity contribution is 0.590. The first-order valence-corrected chi connectivity index (χ1v) is 6.37. The number of aromatic amines is 1. The minimum absolute atomic E-state index is 0.133. The van der Waals surface area contributed by atoms with Crippen molar-refractivity contribution in [1.29, 1.82) is 5.26 Å². The largest absolute Gasteiger partial charge is 0.362 e. The van der Waals surface area contributed by atoms with Crippen LogP contribution in [0.2, 0.25) is 0 Å². The Hall–Kier alpha value is -2.27. The molecular formula is C17H18N2. The Balaban J connectivity index is 2.33. The van der Waals surface area contributed by atoms with Crippen molar-refractivity contribution in [3.05, 3.63) is 59.4 Å². The lowest BCUT2D eigenvalue weighted by Gasteiger charge is -2.19. The smallest absolute Gasteiger partial charge is 0.0998 e. The summed E-state index contributed by atoms with van der Waals surface area (Å²) >= 11 is 0. The van der Waals surface area contributed by atoms with E-state index in [1.807, 2.05) is 36.5 Å². The molecule has 19 heavy (non-hydrogen) atoms. The van der Waals surface area contributed by atoms with Crippen LogP contribution in [0.3, 0.4) is 0 Å². The van der Waals surface area contributed by atoms with E-state index in [0.717, 1.165) is 11.3 Å². The molecule has 2 nitrogen and oxygen atoms in total. The fraction of sp³-hybridized carbons (Fsp3) is 0.235. The molecular weight excluding hydrogens is 232 g/mol. The highest BCUT2D eigenvalue weighted by Crippen LogP contribution is 2.24. The van der Waals surface area contributed by atoms with Gasteiger partial charge in [-0.3, -0.25) is 0 Å². The van der Waals surface area contributed by atoms with E-state index in [9.17, 15) is 5.26 Å². The molecule has 0 saturated heterocycles. The molecule has 1 aromatic heterocycles. The summed E-state index contributed by atoms with van der Waals surface area (Å²) in [5.41, 5.74) is 3.96. The zero-order chi connectivity index (χ0) is 13.9. The van der Waals surface area contributed by atoms with Gasteiger partial charge in [0.1, 0.15) is 0 Å². The van der Waals surface area contributed by atoms with Gasteiger partial charge in [-0.25, -0.2) is 0 Å². The van der Waals surface area contributed by atoms with E-state index in [0.29, 0.717) is 5.57 Å². The Kier molecular flexibility index (Phi) is 3.57. The van der Waals surface area contributed by atoms with Crippen LogP contribution in [0, 0.1) is 11.3 Å². The van der Waals surface area contributed by atoms with Gasteiger partial charge in [-0.1, -0.05) is 45.0 Å². The SMILES string of the molecule is CC(C)(C)c1ccc(/C(C#N)=C/c2ccc[nH]2)cc1. The summed E-state index contributed by atoms with van der Waals surface area (Å²) in [4.78, 5) is 3.08. The maximum absolute atomic E-state index is 9.28. The molecule has 0 amide bonds. The van der Waals surface area contributed by atoms with Crippen molar-refractivity contribution in [2.24, 2.45) is 0 Å². The van der Waals surface area contributed by atoms with E-state index in [1.54, 1.807) is 0 Å². The van der Waals surface area contributed by atoms with Crippen LogP contribution in [0.15, 0.2) is 42.6 Å². The molecule has 2 heteroatoms. The number of nitriles is 1. The number of rotatable bonds is 2. The molecule has 0 spiro atoms. The molecule has 0 aliphatic rings. The third kappa shape index (κ3) is 3.14. The van der Waals surface area contributed by atoms with Crippen LogP contribution < -0.4 is 0 Å². The summed E-state index contributed by atoms with van der Waals surface area (Å²) in [7, 11) is 0. The first-order valence-electron chi connectivity index (χ1n) is 6.37. The molecule has 1 heterocycles. The minimum atomic E-state index is 0.133. The van der Waals surface area contributed by atoms with E-state index in [2.05, 4.69) is 44.0 Å². The zero-order valence-corrected chi connectivity index (χ0v) is 11.6. The molecule has 1 N–H and O–H groups in total. The normalized spacial score (nSPS) is 12.2. The molecule has 0 atom stereocenters. The third-order valence-corrected chi connectivity index (χ3v) is 3.10. The van der Waals surface area contributed by atoms with Crippen LogP contribution in [0.1, 0.15) is 37.6 Å². The molecule has 0 radical (unpaired) electrons. The number of H-pyrrole nitrogens is 1. The summed E-state index contributed by atoms with van der Waals surface area (Å²) in [6.07, 6.45) is 3.72. The van der Waals surface area contributed by atoms with Gasteiger partial charge in [0.15, 0.2) is 0 Å². The second-order valence-electron chi connectivity index (χ2n) is 5.62. The summed E-state index contributed by atoms with van der Waals surface area (Å²) in [6, 6.07) is 14.3. The van der Waals surface area contributed by atoms with Crippen molar-refractivity contribution in [3.63, 3.8) is 0 Å². The summed E-state index contributed by atoms with van der Waals surface area (Å²) in [6.45, 7) is 6.55. The van der Waals surface area contributed by atoms with Crippen molar-refractivity contribution >= 4 is 11.6 Å². The maximum atomic E-state index is 9.28. The average Bonchev–Trinajstić information content (AvgIpc) is 2.88.